The van der Waals surface area contributed by atoms with Gasteiger partial charge in [-0.15, -0.1) is 24.0 Å². The molecule has 0 bridgehead atoms. The molecule has 29 heavy (non-hydrogen) atoms. The monoisotopic (exact) mass is 520 g/mol. The molecule has 0 radical (unpaired) electrons. The minimum atomic E-state index is 0. The number of nitrogens with one attached hydrogen (secondary N) is 1. The fraction of sp³-hybridized carbons (Fsp3) is 0.667. The van der Waals surface area contributed by atoms with E-state index in [0.29, 0.717) is 0 Å². The smallest absolute Gasteiger partial charge is 0.193 e. The van der Waals surface area contributed by atoms with Crippen molar-refractivity contribution in [1.82, 2.24) is 15.1 Å². The number of halogens is 1. The molecule has 1 aromatic rings. The van der Waals surface area contributed by atoms with Crippen molar-refractivity contribution in [1.29, 1.82) is 0 Å². The lowest BCUT2D eigenvalue weighted by molar-refractivity contribution is 0.171. The molecule has 7 nitrogen and oxygen atoms in total. The summed E-state index contributed by atoms with van der Waals surface area (Å²) in [6.07, 6.45) is 3.43. The number of aliphatic imine (C=N–C) groups is 1. The van der Waals surface area contributed by atoms with Gasteiger partial charge in [0.05, 0.1) is 14.2 Å². The van der Waals surface area contributed by atoms with Crippen LogP contribution in [0.4, 0.5) is 0 Å². The molecular weight excluding hydrogens is 483 g/mol. The molecule has 0 aliphatic carbocycles. The number of ether oxygens (including phenoxy) is 3. The number of benzene rings is 1. The summed E-state index contributed by atoms with van der Waals surface area (Å²) in [4.78, 5) is 9.25. The predicted molar refractivity (Wildman–Crippen MR) is 129 cm³/mol. The number of piperazine rings is 1. The molecule has 1 aliphatic heterocycles. The number of hydrogen-bond acceptors (Lipinski definition) is 5. The fourth-order valence-corrected chi connectivity index (χ4v) is 3.44. The van der Waals surface area contributed by atoms with Gasteiger partial charge in [0.25, 0.3) is 0 Å². The lowest BCUT2D eigenvalue weighted by Crippen LogP contribution is -2.52. The molecule has 1 N–H and O–H groups in total. The van der Waals surface area contributed by atoms with Crippen LogP contribution >= 0.6 is 24.0 Å². The summed E-state index contributed by atoms with van der Waals surface area (Å²) in [5.41, 5.74) is 1.16. The second kappa shape index (κ2) is 14.7. The van der Waals surface area contributed by atoms with E-state index in [1.165, 1.54) is 6.42 Å². The molecule has 166 valence electrons. The van der Waals surface area contributed by atoms with E-state index in [9.17, 15) is 0 Å². The van der Waals surface area contributed by atoms with Crippen LogP contribution < -0.4 is 14.8 Å². The van der Waals surface area contributed by atoms with Gasteiger partial charge in [-0.05, 0) is 37.5 Å². The first-order valence-corrected chi connectivity index (χ1v) is 10.1. The Hall–Kier alpha value is -1.26. The van der Waals surface area contributed by atoms with E-state index in [2.05, 4.69) is 26.2 Å². The zero-order chi connectivity index (χ0) is 20.2. The topological polar surface area (TPSA) is 58.6 Å². The van der Waals surface area contributed by atoms with Gasteiger partial charge in [0.2, 0.25) is 0 Å². The second-order valence-corrected chi connectivity index (χ2v) is 6.97. The molecular formula is C21H37IN4O3. The van der Waals surface area contributed by atoms with Gasteiger partial charge < -0.3 is 24.4 Å². The van der Waals surface area contributed by atoms with Crippen LogP contribution in [0.1, 0.15) is 24.8 Å². The van der Waals surface area contributed by atoms with E-state index in [1.807, 2.05) is 19.2 Å². The Morgan fingerprint density at radius 2 is 1.79 bits per heavy atom. The van der Waals surface area contributed by atoms with Gasteiger partial charge in [0.15, 0.2) is 5.96 Å². The molecule has 0 aromatic heterocycles. The Morgan fingerprint density at radius 3 is 2.41 bits per heavy atom. The van der Waals surface area contributed by atoms with Gasteiger partial charge in [0, 0.05) is 65.6 Å². The van der Waals surface area contributed by atoms with Crippen LogP contribution in [0.3, 0.4) is 0 Å². The zero-order valence-corrected chi connectivity index (χ0v) is 20.6. The summed E-state index contributed by atoms with van der Waals surface area (Å²) in [5, 5.41) is 3.49. The predicted octanol–water partition coefficient (Wildman–Crippen LogP) is 2.83. The Labute approximate surface area is 192 Å². The second-order valence-electron chi connectivity index (χ2n) is 6.97. The van der Waals surface area contributed by atoms with Gasteiger partial charge in [0.1, 0.15) is 11.5 Å². The number of methoxy groups -OCH3 is 3. The lowest BCUT2D eigenvalue weighted by Gasteiger charge is -2.36. The van der Waals surface area contributed by atoms with E-state index >= 15 is 0 Å². The van der Waals surface area contributed by atoms with E-state index in [1.54, 1.807) is 21.3 Å². The largest absolute Gasteiger partial charge is 0.497 e. The van der Waals surface area contributed by atoms with Gasteiger partial charge in [-0.1, -0.05) is 0 Å². The highest BCUT2D eigenvalue weighted by molar-refractivity contribution is 14.0. The Bertz CT molecular complexity index is 608. The fourth-order valence-electron chi connectivity index (χ4n) is 3.44. The molecule has 1 fully saturated rings. The van der Waals surface area contributed by atoms with E-state index in [0.717, 1.165) is 81.7 Å². The number of hydrogen-bond donors (Lipinski definition) is 1. The number of unbranched alkanes of at least 4 members (excludes halogenated alkanes) is 2. The van der Waals surface area contributed by atoms with Crippen LogP contribution in [0.2, 0.25) is 0 Å². The first kappa shape index (κ1) is 25.8. The van der Waals surface area contributed by atoms with Gasteiger partial charge >= 0.3 is 0 Å². The standard InChI is InChI=1S/C21H36N4O3.HI/c1-22-21(23-10-6-5-7-15-26-2)25-13-11-24(12-14-25)17-18-16-19(27-3)8-9-20(18)28-4;/h8-9,16H,5-7,10-15,17H2,1-4H3,(H,22,23);1H. The molecule has 0 unspecified atom stereocenters. The van der Waals surface area contributed by atoms with Crippen molar-refractivity contribution in [3.8, 4) is 11.5 Å². The average Bonchev–Trinajstić information content (AvgIpc) is 2.74. The molecule has 1 aliphatic rings. The van der Waals surface area contributed by atoms with Crippen molar-refractivity contribution < 1.29 is 14.2 Å². The third-order valence-corrected chi connectivity index (χ3v) is 5.07. The van der Waals surface area contributed by atoms with Crippen molar-refractivity contribution in [2.75, 3.05) is 67.7 Å². The quantitative estimate of drug-likeness (QED) is 0.222. The van der Waals surface area contributed by atoms with Crippen molar-refractivity contribution in [2.45, 2.75) is 25.8 Å². The highest BCUT2D eigenvalue weighted by atomic mass is 127. The summed E-state index contributed by atoms with van der Waals surface area (Å²) < 4.78 is 16.0. The molecule has 1 heterocycles. The van der Waals surface area contributed by atoms with E-state index in [4.69, 9.17) is 14.2 Å². The lowest BCUT2D eigenvalue weighted by atomic mass is 10.1. The van der Waals surface area contributed by atoms with Gasteiger partial charge in [-0.3, -0.25) is 9.89 Å². The van der Waals surface area contributed by atoms with Crippen LogP contribution in [0.5, 0.6) is 11.5 Å². The van der Waals surface area contributed by atoms with Gasteiger partial charge in [-0.25, -0.2) is 0 Å². The summed E-state index contributed by atoms with van der Waals surface area (Å²) in [6, 6.07) is 5.98. The highest BCUT2D eigenvalue weighted by Crippen LogP contribution is 2.25. The van der Waals surface area contributed by atoms with Crippen LogP contribution in [0.25, 0.3) is 0 Å². The zero-order valence-electron chi connectivity index (χ0n) is 18.3. The SMILES string of the molecule is CN=C(NCCCCCOC)N1CCN(Cc2cc(OC)ccc2OC)CC1.I. The van der Waals surface area contributed by atoms with Crippen LogP contribution in [-0.2, 0) is 11.3 Å². The third kappa shape index (κ3) is 8.55. The minimum Gasteiger partial charge on any atom is -0.497 e. The summed E-state index contributed by atoms with van der Waals surface area (Å²) >= 11 is 0. The summed E-state index contributed by atoms with van der Waals surface area (Å²) in [7, 11) is 7.03. The maximum absolute atomic E-state index is 5.51. The maximum Gasteiger partial charge on any atom is 0.193 e. The first-order valence-electron chi connectivity index (χ1n) is 10.1. The van der Waals surface area contributed by atoms with Gasteiger partial charge in [-0.2, -0.15) is 0 Å². The van der Waals surface area contributed by atoms with E-state index in [-0.39, 0.29) is 24.0 Å². The number of rotatable bonds is 10. The summed E-state index contributed by atoms with van der Waals surface area (Å²) in [5.74, 6) is 2.78. The molecule has 0 atom stereocenters. The molecule has 1 aromatic carbocycles. The van der Waals surface area contributed by atoms with E-state index < -0.39 is 0 Å². The average molecular weight is 520 g/mol. The summed E-state index contributed by atoms with van der Waals surface area (Å²) in [6.45, 7) is 6.58. The molecule has 0 spiro atoms. The van der Waals surface area contributed by atoms with Crippen molar-refractivity contribution in [3.63, 3.8) is 0 Å². The van der Waals surface area contributed by atoms with Crippen LogP contribution in [0.15, 0.2) is 23.2 Å². The molecule has 8 heteroatoms. The highest BCUT2D eigenvalue weighted by Gasteiger charge is 2.20. The Kier molecular flexibility index (Phi) is 13.0. The molecule has 2 rings (SSSR count). The maximum atomic E-state index is 5.51. The number of guanidine groups is 1. The van der Waals surface area contributed by atoms with Crippen LogP contribution in [-0.4, -0.2) is 83.5 Å². The molecule has 0 saturated carbocycles. The van der Waals surface area contributed by atoms with Crippen LogP contribution in [0, 0.1) is 0 Å². The van der Waals surface area contributed by atoms with Crippen molar-refractivity contribution in [3.05, 3.63) is 23.8 Å². The first-order chi connectivity index (χ1) is 13.7. The van der Waals surface area contributed by atoms with Crippen molar-refractivity contribution in [2.24, 2.45) is 4.99 Å². The Morgan fingerprint density at radius 1 is 1.03 bits per heavy atom. The molecule has 1 saturated heterocycles. The molecule has 0 amide bonds. The minimum absolute atomic E-state index is 0. The number of nitrogens with zero attached hydrogens (tertiary/aromatic N) is 3. The van der Waals surface area contributed by atoms with Crippen molar-refractivity contribution >= 4 is 29.9 Å². The third-order valence-electron chi connectivity index (χ3n) is 5.07. The normalized spacial score (nSPS) is 15.0. The Balaban J connectivity index is 0.00000420.